The van der Waals surface area contributed by atoms with E-state index in [0.29, 0.717) is 12.1 Å². The summed E-state index contributed by atoms with van der Waals surface area (Å²) in [5.74, 6) is 0. The Balaban J connectivity index is 2.11. The average Bonchev–Trinajstić information content (AvgIpc) is 2.37. The van der Waals surface area contributed by atoms with Gasteiger partial charge >= 0.3 is 0 Å². The minimum absolute atomic E-state index is 0.372. The first kappa shape index (κ1) is 14.5. The summed E-state index contributed by atoms with van der Waals surface area (Å²) >= 11 is 0. The quantitative estimate of drug-likeness (QED) is 0.898. The van der Waals surface area contributed by atoms with Crippen molar-refractivity contribution in [2.24, 2.45) is 0 Å². The van der Waals surface area contributed by atoms with Gasteiger partial charge in [0.2, 0.25) is 0 Å². The van der Waals surface area contributed by atoms with Crippen molar-refractivity contribution in [3.05, 3.63) is 34.9 Å². The number of hydrogen-bond acceptors (Lipinski definition) is 2. The highest BCUT2D eigenvalue weighted by atomic mass is 16.3. The summed E-state index contributed by atoms with van der Waals surface area (Å²) in [6.07, 6.45) is 3.45. The summed E-state index contributed by atoms with van der Waals surface area (Å²) < 4.78 is 0. The van der Waals surface area contributed by atoms with E-state index in [-0.39, 0.29) is 6.10 Å². The lowest BCUT2D eigenvalue weighted by Gasteiger charge is -2.40. The second-order valence-corrected chi connectivity index (χ2v) is 6.20. The number of aliphatic hydroxyl groups is 1. The molecule has 2 rings (SSSR count). The van der Waals surface area contributed by atoms with Crippen molar-refractivity contribution in [3.8, 4) is 0 Å². The second-order valence-electron chi connectivity index (χ2n) is 6.20. The molecule has 1 aliphatic heterocycles. The maximum Gasteiger partial charge on any atom is 0.0919 e. The van der Waals surface area contributed by atoms with E-state index in [9.17, 15) is 5.11 Å². The molecule has 0 amide bonds. The molecule has 0 saturated carbocycles. The molecule has 2 nitrogen and oxygen atoms in total. The number of aryl methyl sites for hydroxylation is 2. The fraction of sp³-hybridized carbons (Fsp3) is 0.647. The minimum Gasteiger partial charge on any atom is -0.387 e. The molecule has 106 valence electrons. The van der Waals surface area contributed by atoms with Crippen LogP contribution in [0.3, 0.4) is 0 Å². The van der Waals surface area contributed by atoms with Crippen molar-refractivity contribution in [3.63, 3.8) is 0 Å². The zero-order valence-electron chi connectivity index (χ0n) is 12.7. The molecule has 3 atom stereocenters. The van der Waals surface area contributed by atoms with E-state index in [4.69, 9.17) is 0 Å². The van der Waals surface area contributed by atoms with E-state index < -0.39 is 0 Å². The van der Waals surface area contributed by atoms with Gasteiger partial charge in [-0.2, -0.15) is 0 Å². The third-order valence-electron chi connectivity index (χ3n) is 4.55. The minimum atomic E-state index is -0.372. The number of hydrogen-bond donors (Lipinski definition) is 1. The van der Waals surface area contributed by atoms with Crippen molar-refractivity contribution in [2.45, 2.75) is 65.1 Å². The van der Waals surface area contributed by atoms with Gasteiger partial charge in [0.05, 0.1) is 6.10 Å². The van der Waals surface area contributed by atoms with E-state index in [0.717, 1.165) is 12.1 Å². The molecular formula is C17H27NO. The fourth-order valence-corrected chi connectivity index (χ4v) is 3.25. The third kappa shape index (κ3) is 3.37. The molecule has 0 radical (unpaired) electrons. The highest BCUT2D eigenvalue weighted by Gasteiger charge is 2.27. The van der Waals surface area contributed by atoms with Gasteiger partial charge in [-0.25, -0.2) is 0 Å². The molecule has 19 heavy (non-hydrogen) atoms. The summed E-state index contributed by atoms with van der Waals surface area (Å²) in [6, 6.07) is 7.51. The Morgan fingerprint density at radius 1 is 1.21 bits per heavy atom. The Morgan fingerprint density at radius 3 is 2.47 bits per heavy atom. The van der Waals surface area contributed by atoms with Gasteiger partial charge in [-0.05, 0) is 51.7 Å². The maximum atomic E-state index is 10.6. The van der Waals surface area contributed by atoms with Crippen LogP contribution in [0.5, 0.6) is 0 Å². The highest BCUT2D eigenvalue weighted by molar-refractivity contribution is 5.32. The summed E-state index contributed by atoms with van der Waals surface area (Å²) in [6.45, 7) is 9.49. The summed E-state index contributed by atoms with van der Waals surface area (Å²) in [4.78, 5) is 2.47. The number of aliphatic hydroxyl groups excluding tert-OH is 1. The van der Waals surface area contributed by atoms with Crippen LogP contribution in [0.2, 0.25) is 0 Å². The van der Waals surface area contributed by atoms with E-state index >= 15 is 0 Å². The first-order valence-electron chi connectivity index (χ1n) is 7.50. The van der Waals surface area contributed by atoms with Crippen LogP contribution in [-0.2, 0) is 0 Å². The molecule has 0 bridgehead atoms. The molecule has 1 aliphatic rings. The second kappa shape index (κ2) is 6.06. The first-order chi connectivity index (χ1) is 8.99. The van der Waals surface area contributed by atoms with Crippen molar-refractivity contribution in [1.29, 1.82) is 0 Å². The normalized spacial score (nSPS) is 26.4. The van der Waals surface area contributed by atoms with Gasteiger partial charge in [0.1, 0.15) is 0 Å². The molecule has 2 heteroatoms. The molecule has 1 N–H and O–H groups in total. The van der Waals surface area contributed by atoms with Gasteiger partial charge < -0.3 is 5.11 Å². The number of piperidine rings is 1. The number of likely N-dealkylation sites (tertiary alicyclic amines) is 1. The van der Waals surface area contributed by atoms with E-state index in [1.165, 1.54) is 30.4 Å². The van der Waals surface area contributed by atoms with Crippen molar-refractivity contribution in [2.75, 3.05) is 6.54 Å². The molecule has 1 heterocycles. The Bertz CT molecular complexity index is 419. The van der Waals surface area contributed by atoms with Crippen LogP contribution in [0.15, 0.2) is 18.2 Å². The Kier molecular flexibility index (Phi) is 4.64. The summed E-state index contributed by atoms with van der Waals surface area (Å²) in [5.41, 5.74) is 3.50. The molecular weight excluding hydrogens is 234 g/mol. The van der Waals surface area contributed by atoms with Crippen molar-refractivity contribution >= 4 is 0 Å². The fourth-order valence-electron chi connectivity index (χ4n) is 3.25. The van der Waals surface area contributed by atoms with Gasteiger partial charge in [-0.3, -0.25) is 4.90 Å². The van der Waals surface area contributed by atoms with Crippen LogP contribution < -0.4 is 0 Å². The molecule has 0 aromatic heterocycles. The number of benzene rings is 1. The Hall–Kier alpha value is -0.860. The molecule has 0 aliphatic carbocycles. The van der Waals surface area contributed by atoms with Crippen molar-refractivity contribution in [1.82, 2.24) is 4.90 Å². The standard InChI is InChI=1S/C17H27NO/c1-12-8-9-13(2)16(10-12)17(19)11-18-14(3)6-5-7-15(18)4/h8-10,14-15,17,19H,5-7,11H2,1-4H3/t14-,15+,17?. The molecule has 1 fully saturated rings. The smallest absolute Gasteiger partial charge is 0.0919 e. The van der Waals surface area contributed by atoms with E-state index in [1.54, 1.807) is 0 Å². The zero-order valence-corrected chi connectivity index (χ0v) is 12.7. The first-order valence-corrected chi connectivity index (χ1v) is 7.50. The van der Waals surface area contributed by atoms with E-state index in [2.05, 4.69) is 50.8 Å². The predicted octanol–water partition coefficient (Wildman–Crippen LogP) is 3.60. The highest BCUT2D eigenvalue weighted by Crippen LogP contribution is 2.27. The lowest BCUT2D eigenvalue weighted by molar-refractivity contribution is 0.0409. The van der Waals surface area contributed by atoms with Crippen LogP contribution in [-0.4, -0.2) is 28.6 Å². The van der Waals surface area contributed by atoms with Crippen LogP contribution in [0.4, 0.5) is 0 Å². The predicted molar refractivity (Wildman–Crippen MR) is 80.4 cm³/mol. The van der Waals surface area contributed by atoms with Crippen LogP contribution in [0.25, 0.3) is 0 Å². The van der Waals surface area contributed by atoms with Gasteiger partial charge in [-0.15, -0.1) is 0 Å². The largest absolute Gasteiger partial charge is 0.387 e. The molecule has 1 unspecified atom stereocenters. The molecule has 1 aromatic rings. The third-order valence-corrected chi connectivity index (χ3v) is 4.55. The van der Waals surface area contributed by atoms with E-state index in [1.807, 2.05) is 0 Å². The topological polar surface area (TPSA) is 23.5 Å². The average molecular weight is 261 g/mol. The van der Waals surface area contributed by atoms with Gasteiger partial charge in [0, 0.05) is 18.6 Å². The monoisotopic (exact) mass is 261 g/mol. The van der Waals surface area contributed by atoms with Gasteiger partial charge in [0.25, 0.3) is 0 Å². The summed E-state index contributed by atoms with van der Waals surface area (Å²) in [7, 11) is 0. The van der Waals surface area contributed by atoms with Gasteiger partial charge in [0.15, 0.2) is 0 Å². The SMILES string of the molecule is Cc1ccc(C)c(C(O)CN2[C@H](C)CCC[C@@H]2C)c1. The van der Waals surface area contributed by atoms with Crippen LogP contribution >= 0.6 is 0 Å². The number of rotatable bonds is 3. The van der Waals surface area contributed by atoms with Crippen molar-refractivity contribution < 1.29 is 5.11 Å². The Morgan fingerprint density at radius 2 is 1.84 bits per heavy atom. The van der Waals surface area contributed by atoms with Crippen LogP contribution in [0, 0.1) is 13.8 Å². The molecule has 1 saturated heterocycles. The maximum absolute atomic E-state index is 10.6. The number of β-amino-alcohol motifs (C(OH)–C–C–N with tert-alkyl or cyclic N) is 1. The molecule has 1 aromatic carbocycles. The van der Waals surface area contributed by atoms with Gasteiger partial charge in [-0.1, -0.05) is 30.2 Å². The zero-order chi connectivity index (χ0) is 14.0. The summed E-state index contributed by atoms with van der Waals surface area (Å²) in [5, 5.41) is 10.6. The Labute approximate surface area is 117 Å². The number of nitrogens with zero attached hydrogens (tertiary/aromatic N) is 1. The molecule has 0 spiro atoms. The van der Waals surface area contributed by atoms with Crippen LogP contribution in [0.1, 0.15) is 55.9 Å². The lowest BCUT2D eigenvalue weighted by Crippen LogP contribution is -2.45. The lowest BCUT2D eigenvalue weighted by atomic mass is 9.95.